The summed E-state index contributed by atoms with van der Waals surface area (Å²) >= 11 is 0. The van der Waals surface area contributed by atoms with Gasteiger partial charge in [-0.2, -0.15) is 49.2 Å². The topological polar surface area (TPSA) is 34.0 Å². The fourth-order valence-electron chi connectivity index (χ4n) is 4.49. The Labute approximate surface area is 276 Å². The molecule has 0 saturated heterocycles. The van der Waals surface area contributed by atoms with Crippen LogP contribution in [0.15, 0.2) is 119 Å². The Morgan fingerprint density at radius 1 is 0.705 bits per heavy atom. The second-order valence-electron chi connectivity index (χ2n) is 12.5. The molecular formula is C40H48N2NiO-2. The van der Waals surface area contributed by atoms with Crippen LogP contribution in [0.5, 0.6) is 0 Å². The van der Waals surface area contributed by atoms with E-state index in [4.69, 9.17) is 14.7 Å². The van der Waals surface area contributed by atoms with Crippen molar-refractivity contribution < 1.29 is 21.2 Å². The maximum Gasteiger partial charge on any atom is 0.236 e. The van der Waals surface area contributed by atoms with Gasteiger partial charge >= 0.3 is 0 Å². The SMILES string of the molecule is CC(C)c1cccc(C(C)C)c1N=C(C1=N[C@@H](C(C)(C)C)CO1)c1ccccc1.[CH2-]c1ccccc1.[CH2-]c1ccccc1.[Ni]. The third-order valence-corrected chi connectivity index (χ3v) is 7.15. The Bertz CT molecular complexity index is 1390. The van der Waals surface area contributed by atoms with Gasteiger partial charge in [0.15, 0.2) is 0 Å². The zero-order valence-electron chi connectivity index (χ0n) is 27.4. The maximum absolute atomic E-state index is 6.10. The van der Waals surface area contributed by atoms with Crippen molar-refractivity contribution in [1.82, 2.24) is 0 Å². The summed E-state index contributed by atoms with van der Waals surface area (Å²) in [5, 5.41) is 0. The first-order valence-corrected chi connectivity index (χ1v) is 15.2. The largest absolute Gasteiger partial charge is 0.474 e. The molecule has 5 rings (SSSR count). The van der Waals surface area contributed by atoms with Crippen molar-refractivity contribution in [2.45, 2.75) is 66.3 Å². The van der Waals surface area contributed by atoms with Gasteiger partial charge in [-0.3, -0.25) is 0 Å². The average molecular weight is 632 g/mol. The van der Waals surface area contributed by atoms with Crippen LogP contribution in [0.4, 0.5) is 5.69 Å². The van der Waals surface area contributed by atoms with Crippen molar-refractivity contribution in [2.24, 2.45) is 15.4 Å². The first-order chi connectivity index (χ1) is 20.5. The van der Waals surface area contributed by atoms with Crippen LogP contribution in [-0.4, -0.2) is 24.3 Å². The summed E-state index contributed by atoms with van der Waals surface area (Å²) in [6.07, 6.45) is 0. The fourth-order valence-corrected chi connectivity index (χ4v) is 4.49. The second-order valence-corrected chi connectivity index (χ2v) is 12.5. The van der Waals surface area contributed by atoms with Gasteiger partial charge in [0.05, 0.1) is 11.7 Å². The van der Waals surface area contributed by atoms with E-state index in [1.807, 2.05) is 78.9 Å². The van der Waals surface area contributed by atoms with Crippen LogP contribution in [0.25, 0.3) is 0 Å². The standard InChI is InChI=1S/C26H34N2O.2C7H7.Ni/c1-17(2)20-14-11-15-21(18(3)4)24(20)28-23(19-12-9-8-10-13-19)25-27-22(16-29-25)26(5,6)7;2*1-7-5-3-2-4-6-7;/h8-15,17-18,22H,16H2,1-7H3;2*2-6H,1H2;/q;2*-1;/t22-;;;/m1.../s1. The molecule has 0 bridgehead atoms. The molecule has 0 fully saturated rings. The van der Waals surface area contributed by atoms with Crippen LogP contribution in [0.1, 0.15) is 88.1 Å². The Balaban J connectivity index is 0.000000367. The van der Waals surface area contributed by atoms with Gasteiger partial charge in [0.2, 0.25) is 5.90 Å². The number of hydrogen-bond donors (Lipinski definition) is 0. The minimum Gasteiger partial charge on any atom is -0.474 e. The number of rotatable bonds is 5. The minimum absolute atomic E-state index is 0. The first kappa shape index (κ1) is 36.4. The average Bonchev–Trinajstić information content (AvgIpc) is 3.49. The Hall–Kier alpha value is -3.75. The van der Waals surface area contributed by atoms with Crippen LogP contribution in [0, 0.1) is 19.3 Å². The molecule has 1 atom stereocenters. The molecule has 0 saturated carbocycles. The first-order valence-electron chi connectivity index (χ1n) is 15.2. The van der Waals surface area contributed by atoms with Crippen molar-refractivity contribution in [3.63, 3.8) is 0 Å². The van der Waals surface area contributed by atoms with Crippen LogP contribution < -0.4 is 0 Å². The Morgan fingerprint density at radius 3 is 1.48 bits per heavy atom. The smallest absolute Gasteiger partial charge is 0.236 e. The molecule has 0 spiro atoms. The normalized spacial score (nSPS) is 14.3. The van der Waals surface area contributed by atoms with Gasteiger partial charge in [-0.05, 0) is 28.4 Å². The zero-order valence-corrected chi connectivity index (χ0v) is 28.4. The van der Waals surface area contributed by atoms with Gasteiger partial charge in [0.1, 0.15) is 12.3 Å². The summed E-state index contributed by atoms with van der Waals surface area (Å²) in [4.78, 5) is 10.2. The van der Waals surface area contributed by atoms with Crippen LogP contribution in [0.2, 0.25) is 0 Å². The van der Waals surface area contributed by atoms with E-state index in [0.717, 1.165) is 28.1 Å². The number of para-hydroxylation sites is 1. The monoisotopic (exact) mass is 630 g/mol. The third kappa shape index (κ3) is 11.1. The van der Waals surface area contributed by atoms with E-state index in [0.29, 0.717) is 24.3 Å². The van der Waals surface area contributed by atoms with E-state index < -0.39 is 0 Å². The molecule has 1 aliphatic rings. The molecule has 0 radical (unpaired) electrons. The van der Waals surface area contributed by atoms with Crippen molar-refractivity contribution in [3.8, 4) is 0 Å². The third-order valence-electron chi connectivity index (χ3n) is 7.15. The zero-order chi connectivity index (χ0) is 31.4. The molecule has 0 aromatic heterocycles. The van der Waals surface area contributed by atoms with Crippen LogP contribution >= 0.6 is 0 Å². The Morgan fingerprint density at radius 2 is 1.14 bits per heavy atom. The van der Waals surface area contributed by atoms with E-state index in [1.54, 1.807) is 0 Å². The predicted molar refractivity (Wildman–Crippen MR) is 186 cm³/mol. The number of ether oxygens (including phenoxy) is 1. The molecule has 4 aromatic carbocycles. The van der Waals surface area contributed by atoms with Crippen LogP contribution in [0.3, 0.4) is 0 Å². The summed E-state index contributed by atoms with van der Waals surface area (Å²) in [5.74, 6) is 1.43. The van der Waals surface area contributed by atoms with E-state index >= 15 is 0 Å². The minimum atomic E-state index is 0. The number of benzene rings is 4. The van der Waals surface area contributed by atoms with Gasteiger partial charge in [-0.1, -0.05) is 109 Å². The number of aliphatic imine (C=N–C) groups is 2. The summed E-state index contributed by atoms with van der Waals surface area (Å²) in [7, 11) is 0. The summed E-state index contributed by atoms with van der Waals surface area (Å²) in [6.45, 7) is 23.6. The van der Waals surface area contributed by atoms with Crippen molar-refractivity contribution in [2.75, 3.05) is 6.61 Å². The molecule has 0 N–H and O–H groups in total. The second kappa shape index (κ2) is 17.5. The molecule has 0 amide bonds. The molecule has 44 heavy (non-hydrogen) atoms. The predicted octanol–water partition coefficient (Wildman–Crippen LogP) is 10.6. The van der Waals surface area contributed by atoms with Gasteiger partial charge in [0, 0.05) is 22.1 Å². The van der Waals surface area contributed by atoms with E-state index in [-0.39, 0.29) is 27.9 Å². The van der Waals surface area contributed by atoms with E-state index in [9.17, 15) is 0 Å². The van der Waals surface area contributed by atoms with Crippen LogP contribution in [-0.2, 0) is 21.2 Å². The maximum atomic E-state index is 6.10. The van der Waals surface area contributed by atoms with Gasteiger partial charge in [0.25, 0.3) is 0 Å². The quantitative estimate of drug-likeness (QED) is 0.123. The molecule has 1 heterocycles. The van der Waals surface area contributed by atoms with Gasteiger partial charge in [-0.25, -0.2) is 9.98 Å². The van der Waals surface area contributed by atoms with E-state index in [2.05, 4.69) is 92.6 Å². The molecule has 4 aromatic rings. The van der Waals surface area contributed by atoms with Gasteiger partial charge in [-0.15, -0.1) is 24.3 Å². The summed E-state index contributed by atoms with van der Waals surface area (Å²) < 4.78 is 6.10. The Kier molecular flexibility index (Phi) is 14.5. The van der Waals surface area contributed by atoms with Crippen molar-refractivity contribution >= 4 is 17.3 Å². The molecule has 3 nitrogen and oxygen atoms in total. The molecule has 236 valence electrons. The summed E-state index contributed by atoms with van der Waals surface area (Å²) in [6, 6.07) is 36.7. The molecule has 0 unspecified atom stereocenters. The number of hydrogen-bond acceptors (Lipinski definition) is 3. The van der Waals surface area contributed by atoms with E-state index in [1.165, 1.54) is 11.1 Å². The van der Waals surface area contributed by atoms with Gasteiger partial charge < -0.3 is 4.74 Å². The molecular weight excluding hydrogens is 583 g/mol. The fraction of sp³-hybridized carbons (Fsp3) is 0.300. The summed E-state index contributed by atoms with van der Waals surface area (Å²) in [5.41, 5.74) is 7.64. The number of nitrogens with zero attached hydrogens (tertiary/aromatic N) is 2. The van der Waals surface area contributed by atoms with Crippen molar-refractivity contribution in [3.05, 3.63) is 151 Å². The molecule has 1 aliphatic heterocycles. The molecule has 0 aliphatic carbocycles. The molecule has 4 heteroatoms. The van der Waals surface area contributed by atoms with Crippen molar-refractivity contribution in [1.29, 1.82) is 0 Å².